The van der Waals surface area contributed by atoms with Crippen LogP contribution in [0.4, 0.5) is 0 Å². The summed E-state index contributed by atoms with van der Waals surface area (Å²) in [6.45, 7) is 0.0157. The summed E-state index contributed by atoms with van der Waals surface area (Å²) in [6.07, 6.45) is 11.3. The van der Waals surface area contributed by atoms with Gasteiger partial charge in [0.1, 0.15) is 6.61 Å². The Morgan fingerprint density at radius 3 is 2.59 bits per heavy atom. The maximum atomic E-state index is 13.3. The number of aliphatic hydroxyl groups excluding tert-OH is 1. The first-order valence-electron chi connectivity index (χ1n) is 12.6. The minimum Gasteiger partial charge on any atom is -0.463 e. The van der Waals surface area contributed by atoms with Gasteiger partial charge < -0.3 is 20.5 Å². The van der Waals surface area contributed by atoms with E-state index >= 15 is 0 Å². The summed E-state index contributed by atoms with van der Waals surface area (Å²) in [5.74, 6) is -1.23. The van der Waals surface area contributed by atoms with Crippen molar-refractivity contribution in [2.75, 3.05) is 13.2 Å². The molecule has 2 atom stereocenters. The second kappa shape index (κ2) is 13.3. The molecular formula is C27H38N2O5. The number of ether oxygens (including phenoxy) is 1. The monoisotopic (exact) mass is 470 g/mol. The summed E-state index contributed by atoms with van der Waals surface area (Å²) >= 11 is 0. The summed E-state index contributed by atoms with van der Waals surface area (Å²) in [5.41, 5.74) is 0.472. The lowest BCUT2D eigenvalue weighted by molar-refractivity contribution is -0.145. The number of cyclic esters (lactones) is 1. The third kappa shape index (κ3) is 8.28. The molecule has 0 spiro atoms. The van der Waals surface area contributed by atoms with Crippen LogP contribution in [0.25, 0.3) is 0 Å². The van der Waals surface area contributed by atoms with Crippen LogP contribution in [0.1, 0.15) is 69.8 Å². The van der Waals surface area contributed by atoms with Gasteiger partial charge in [-0.05, 0) is 50.5 Å². The van der Waals surface area contributed by atoms with E-state index in [1.165, 1.54) is 0 Å². The van der Waals surface area contributed by atoms with Gasteiger partial charge >= 0.3 is 5.97 Å². The van der Waals surface area contributed by atoms with E-state index in [1.807, 2.05) is 42.5 Å². The molecule has 1 heterocycles. The van der Waals surface area contributed by atoms with Crippen LogP contribution in [0.2, 0.25) is 0 Å². The van der Waals surface area contributed by atoms with Crippen LogP contribution >= 0.6 is 0 Å². The van der Waals surface area contributed by atoms with Gasteiger partial charge in [0.2, 0.25) is 11.8 Å². The Morgan fingerprint density at radius 1 is 1.09 bits per heavy atom. The van der Waals surface area contributed by atoms with Gasteiger partial charge in [-0.15, -0.1) is 0 Å². The average molecular weight is 471 g/mol. The van der Waals surface area contributed by atoms with Gasteiger partial charge in [-0.2, -0.15) is 0 Å². The molecule has 2 amide bonds. The lowest BCUT2D eigenvalue weighted by Gasteiger charge is -2.29. The highest BCUT2D eigenvalue weighted by Crippen LogP contribution is 2.29. The van der Waals surface area contributed by atoms with Gasteiger partial charge in [0.15, 0.2) is 0 Å². The van der Waals surface area contributed by atoms with E-state index in [0.717, 1.165) is 50.5 Å². The highest BCUT2D eigenvalue weighted by molar-refractivity contribution is 5.86. The predicted octanol–water partition coefficient (Wildman–Crippen LogP) is 3.21. The summed E-state index contributed by atoms with van der Waals surface area (Å²) in [7, 11) is 0. The van der Waals surface area contributed by atoms with Gasteiger partial charge in [-0.3, -0.25) is 14.4 Å². The van der Waals surface area contributed by atoms with Crippen molar-refractivity contribution >= 4 is 17.8 Å². The van der Waals surface area contributed by atoms with Crippen molar-refractivity contribution in [2.24, 2.45) is 5.92 Å². The molecule has 3 rings (SSSR count). The van der Waals surface area contributed by atoms with E-state index in [4.69, 9.17) is 4.74 Å². The lowest BCUT2D eigenvalue weighted by Crippen LogP contribution is -2.50. The molecule has 0 radical (unpaired) electrons. The molecule has 186 valence electrons. The lowest BCUT2D eigenvalue weighted by atomic mass is 9.95. The molecule has 2 aliphatic rings. The third-order valence-corrected chi connectivity index (χ3v) is 6.78. The third-order valence-electron chi connectivity index (χ3n) is 6.78. The number of carbonyl (C=O) groups is 3. The smallest absolute Gasteiger partial charge is 0.305 e. The first kappa shape index (κ1) is 25.9. The number of rotatable bonds is 6. The number of nitrogens with one attached hydrogen (secondary N) is 2. The fourth-order valence-corrected chi connectivity index (χ4v) is 4.77. The number of amides is 2. The van der Waals surface area contributed by atoms with Crippen LogP contribution in [0.5, 0.6) is 0 Å². The Kier molecular flexibility index (Phi) is 10.1. The van der Waals surface area contributed by atoms with Gasteiger partial charge in [0, 0.05) is 12.8 Å². The number of hydrogen-bond donors (Lipinski definition) is 3. The first-order valence-corrected chi connectivity index (χ1v) is 12.6. The Hall–Kier alpha value is -2.67. The second-order valence-electron chi connectivity index (χ2n) is 9.63. The van der Waals surface area contributed by atoms with Crippen molar-refractivity contribution in [3.63, 3.8) is 0 Å². The molecular weight excluding hydrogens is 432 g/mol. The van der Waals surface area contributed by atoms with E-state index in [-0.39, 0.29) is 43.5 Å². The Bertz CT molecular complexity index is 833. The van der Waals surface area contributed by atoms with Crippen molar-refractivity contribution in [3.8, 4) is 0 Å². The zero-order valence-corrected chi connectivity index (χ0v) is 20.0. The molecule has 0 aromatic heterocycles. The standard InChI is InChI=1S/C27H38N2O5/c30-20-27(15-9-10-16-27)29-24(31)18-22-13-7-2-1-3-8-14-25(32)34-19-23(28-26(22)33)17-21-11-5-4-6-12-21/h2,4-7,11-12,22-23,30H,1,3,8-10,13-20H2,(H,28,33)(H,29,31)/t22-,23+/m1/s1. The summed E-state index contributed by atoms with van der Waals surface area (Å²) in [4.78, 5) is 38.3. The topological polar surface area (TPSA) is 105 Å². The SMILES string of the molecule is O=C(C[C@H]1CC=CCCCCC(=O)OC[C@H](Cc2ccccc2)NC1=O)NC1(CO)CCCC1. The second-order valence-corrected chi connectivity index (χ2v) is 9.63. The van der Waals surface area contributed by atoms with E-state index in [1.54, 1.807) is 0 Å². The highest BCUT2D eigenvalue weighted by Gasteiger charge is 2.35. The molecule has 34 heavy (non-hydrogen) atoms. The van der Waals surface area contributed by atoms with Gasteiger partial charge in [-0.25, -0.2) is 0 Å². The van der Waals surface area contributed by atoms with Crippen molar-refractivity contribution in [1.29, 1.82) is 0 Å². The van der Waals surface area contributed by atoms with Crippen molar-refractivity contribution in [3.05, 3.63) is 48.0 Å². The van der Waals surface area contributed by atoms with Crippen LogP contribution in [0, 0.1) is 5.92 Å². The number of esters is 1. The molecule has 3 N–H and O–H groups in total. The Morgan fingerprint density at radius 2 is 1.85 bits per heavy atom. The van der Waals surface area contributed by atoms with Gasteiger partial charge in [0.25, 0.3) is 0 Å². The molecule has 7 heteroatoms. The van der Waals surface area contributed by atoms with E-state index in [2.05, 4.69) is 10.6 Å². The molecule has 7 nitrogen and oxygen atoms in total. The molecule has 0 unspecified atom stereocenters. The maximum absolute atomic E-state index is 13.3. The quantitative estimate of drug-likeness (QED) is 0.437. The fraction of sp³-hybridized carbons (Fsp3) is 0.593. The summed E-state index contributed by atoms with van der Waals surface area (Å²) in [6, 6.07) is 9.37. The van der Waals surface area contributed by atoms with Crippen molar-refractivity contribution < 1.29 is 24.2 Å². The van der Waals surface area contributed by atoms with Crippen LogP contribution in [0.15, 0.2) is 42.5 Å². The largest absolute Gasteiger partial charge is 0.463 e. The molecule has 1 aromatic rings. The molecule has 1 fully saturated rings. The number of benzene rings is 1. The average Bonchev–Trinajstić information content (AvgIpc) is 3.30. The molecule has 1 aliphatic heterocycles. The van der Waals surface area contributed by atoms with Crippen LogP contribution in [-0.2, 0) is 25.5 Å². The zero-order chi connectivity index (χ0) is 24.2. The minimum absolute atomic E-state index is 0.0514. The normalized spacial score (nSPS) is 24.0. The van der Waals surface area contributed by atoms with Crippen molar-refractivity contribution in [1.82, 2.24) is 10.6 Å². The van der Waals surface area contributed by atoms with Crippen LogP contribution in [-0.4, -0.2) is 47.7 Å². The maximum Gasteiger partial charge on any atom is 0.305 e. The Balaban J connectivity index is 1.71. The molecule has 1 aliphatic carbocycles. The first-order chi connectivity index (χ1) is 16.5. The van der Waals surface area contributed by atoms with Crippen molar-refractivity contribution in [2.45, 2.75) is 82.2 Å². The number of allylic oxidation sites excluding steroid dienone is 2. The predicted molar refractivity (Wildman–Crippen MR) is 130 cm³/mol. The Labute approximate surface area is 202 Å². The highest BCUT2D eigenvalue weighted by atomic mass is 16.5. The van der Waals surface area contributed by atoms with E-state index < -0.39 is 11.5 Å². The van der Waals surface area contributed by atoms with Gasteiger partial charge in [-0.1, -0.05) is 55.3 Å². The number of aliphatic hydroxyl groups is 1. The minimum atomic E-state index is -0.561. The van der Waals surface area contributed by atoms with Gasteiger partial charge in [0.05, 0.1) is 24.1 Å². The van der Waals surface area contributed by atoms with E-state index in [9.17, 15) is 19.5 Å². The van der Waals surface area contributed by atoms with Crippen LogP contribution < -0.4 is 10.6 Å². The fourth-order valence-electron chi connectivity index (χ4n) is 4.77. The van der Waals surface area contributed by atoms with Crippen LogP contribution in [0.3, 0.4) is 0 Å². The molecule has 0 bridgehead atoms. The molecule has 1 saturated carbocycles. The zero-order valence-electron chi connectivity index (χ0n) is 20.0. The summed E-state index contributed by atoms with van der Waals surface area (Å²) in [5, 5.41) is 15.9. The number of hydrogen-bond acceptors (Lipinski definition) is 5. The molecule has 0 saturated heterocycles. The summed E-state index contributed by atoms with van der Waals surface area (Å²) < 4.78 is 5.47. The molecule has 1 aromatic carbocycles. The van der Waals surface area contributed by atoms with E-state index in [0.29, 0.717) is 19.3 Å². The number of carbonyl (C=O) groups excluding carboxylic acids is 3.